The molecule has 2 aromatic carbocycles. The molecule has 3 N–H and O–H groups in total. The van der Waals surface area contributed by atoms with Gasteiger partial charge in [-0.25, -0.2) is 4.98 Å². The lowest BCUT2D eigenvalue weighted by Crippen LogP contribution is -2.48. The van der Waals surface area contributed by atoms with Crippen LogP contribution in [0.4, 0.5) is 0 Å². The topological polar surface area (TPSA) is 111 Å². The number of hydrogen-bond acceptors (Lipinski definition) is 5. The molecule has 1 fully saturated rings. The SMILES string of the molecule is CC1CC(Oc2ccc(-c3cn(C)cn3)cc2C(N)=O)CCN1C(=O)Cc1ccc(O)cc1. The number of piperidine rings is 1. The Labute approximate surface area is 192 Å². The summed E-state index contributed by atoms with van der Waals surface area (Å²) in [6, 6.07) is 12.0. The third-order valence-corrected chi connectivity index (χ3v) is 5.98. The molecule has 0 spiro atoms. The lowest BCUT2D eigenvalue weighted by atomic mass is 9.99. The average Bonchev–Trinajstić information content (AvgIpc) is 3.22. The summed E-state index contributed by atoms with van der Waals surface area (Å²) in [6.07, 6.45) is 5.04. The average molecular weight is 449 g/mol. The minimum Gasteiger partial charge on any atom is -0.508 e. The van der Waals surface area contributed by atoms with Crippen LogP contribution in [0.5, 0.6) is 11.5 Å². The number of primary amides is 1. The van der Waals surface area contributed by atoms with Gasteiger partial charge in [0.2, 0.25) is 5.91 Å². The molecule has 2 amide bonds. The Kier molecular flexibility index (Phi) is 6.35. The number of carbonyl (C=O) groups is 2. The number of carbonyl (C=O) groups excluding carboxylic acids is 2. The number of phenolic OH excluding ortho intramolecular Hbond substituents is 1. The number of ether oxygens (including phenoxy) is 1. The fourth-order valence-corrected chi connectivity index (χ4v) is 4.22. The van der Waals surface area contributed by atoms with Crippen LogP contribution in [-0.4, -0.2) is 50.1 Å². The van der Waals surface area contributed by atoms with E-state index < -0.39 is 5.91 Å². The van der Waals surface area contributed by atoms with Crippen molar-refractivity contribution in [3.05, 3.63) is 66.1 Å². The largest absolute Gasteiger partial charge is 0.508 e. The Morgan fingerprint density at radius 3 is 2.61 bits per heavy atom. The molecule has 1 aromatic heterocycles. The van der Waals surface area contributed by atoms with Crippen molar-refractivity contribution in [3.63, 3.8) is 0 Å². The maximum atomic E-state index is 12.8. The number of rotatable bonds is 6. The van der Waals surface area contributed by atoms with E-state index in [-0.39, 0.29) is 30.2 Å². The lowest BCUT2D eigenvalue weighted by molar-refractivity contribution is -0.135. The van der Waals surface area contributed by atoms with Crippen LogP contribution in [0.25, 0.3) is 11.3 Å². The van der Waals surface area contributed by atoms with Crippen molar-refractivity contribution in [2.24, 2.45) is 12.8 Å². The summed E-state index contributed by atoms with van der Waals surface area (Å²) >= 11 is 0. The van der Waals surface area contributed by atoms with Crippen LogP contribution in [0.2, 0.25) is 0 Å². The van der Waals surface area contributed by atoms with Crippen molar-refractivity contribution in [2.45, 2.75) is 38.3 Å². The highest BCUT2D eigenvalue weighted by atomic mass is 16.5. The molecule has 2 unspecified atom stereocenters. The zero-order chi connectivity index (χ0) is 23.5. The zero-order valence-corrected chi connectivity index (χ0v) is 18.8. The van der Waals surface area contributed by atoms with E-state index in [2.05, 4.69) is 4.98 Å². The Balaban J connectivity index is 1.41. The van der Waals surface area contributed by atoms with Gasteiger partial charge in [-0.3, -0.25) is 9.59 Å². The second kappa shape index (κ2) is 9.36. The van der Waals surface area contributed by atoms with Crippen molar-refractivity contribution in [3.8, 4) is 22.8 Å². The highest BCUT2D eigenvalue weighted by molar-refractivity contribution is 5.97. The first-order valence-electron chi connectivity index (χ1n) is 11.0. The van der Waals surface area contributed by atoms with E-state index in [0.29, 0.717) is 30.7 Å². The van der Waals surface area contributed by atoms with Crippen molar-refractivity contribution in [2.75, 3.05) is 6.54 Å². The van der Waals surface area contributed by atoms with Crippen LogP contribution < -0.4 is 10.5 Å². The number of aromatic hydroxyl groups is 1. The maximum Gasteiger partial charge on any atom is 0.252 e. The normalized spacial score (nSPS) is 18.2. The predicted octanol–water partition coefficient (Wildman–Crippen LogP) is 2.89. The fourth-order valence-electron chi connectivity index (χ4n) is 4.22. The zero-order valence-electron chi connectivity index (χ0n) is 18.8. The maximum absolute atomic E-state index is 12.8. The summed E-state index contributed by atoms with van der Waals surface area (Å²) in [5.74, 6) is 0.116. The molecule has 0 saturated carbocycles. The summed E-state index contributed by atoms with van der Waals surface area (Å²) in [4.78, 5) is 31.1. The number of nitrogens with two attached hydrogens (primary N) is 1. The summed E-state index contributed by atoms with van der Waals surface area (Å²) in [5.41, 5.74) is 8.35. The van der Waals surface area contributed by atoms with Gasteiger partial charge in [-0.15, -0.1) is 0 Å². The van der Waals surface area contributed by atoms with Crippen molar-refractivity contribution >= 4 is 11.8 Å². The minimum atomic E-state index is -0.558. The number of aryl methyl sites for hydroxylation is 1. The molecule has 0 radical (unpaired) electrons. The molecule has 0 bridgehead atoms. The molecule has 172 valence electrons. The van der Waals surface area contributed by atoms with Crippen LogP contribution in [0.3, 0.4) is 0 Å². The van der Waals surface area contributed by atoms with Crippen LogP contribution >= 0.6 is 0 Å². The van der Waals surface area contributed by atoms with Gasteiger partial charge in [0.15, 0.2) is 0 Å². The summed E-state index contributed by atoms with van der Waals surface area (Å²) in [7, 11) is 1.88. The number of nitrogens with zero attached hydrogens (tertiary/aromatic N) is 3. The molecular weight excluding hydrogens is 420 g/mol. The lowest BCUT2D eigenvalue weighted by Gasteiger charge is -2.38. The van der Waals surface area contributed by atoms with Gasteiger partial charge in [0, 0.05) is 44.2 Å². The Morgan fingerprint density at radius 2 is 1.97 bits per heavy atom. The number of hydrogen-bond donors (Lipinski definition) is 2. The summed E-state index contributed by atoms with van der Waals surface area (Å²) in [5, 5.41) is 9.42. The third-order valence-electron chi connectivity index (χ3n) is 5.98. The molecule has 1 aliphatic heterocycles. The number of likely N-dealkylation sites (tertiary alicyclic amines) is 1. The first-order chi connectivity index (χ1) is 15.8. The molecular formula is C25H28N4O4. The third kappa shape index (κ3) is 5.16. The van der Waals surface area contributed by atoms with Gasteiger partial charge in [0.05, 0.1) is 24.0 Å². The summed E-state index contributed by atoms with van der Waals surface area (Å²) in [6.45, 7) is 2.57. The number of phenols is 1. The van der Waals surface area contributed by atoms with Crippen LogP contribution in [-0.2, 0) is 18.3 Å². The van der Waals surface area contributed by atoms with Gasteiger partial charge in [-0.05, 0) is 42.8 Å². The fraction of sp³-hybridized carbons (Fsp3) is 0.320. The molecule has 33 heavy (non-hydrogen) atoms. The van der Waals surface area contributed by atoms with Gasteiger partial charge >= 0.3 is 0 Å². The molecule has 8 heteroatoms. The van der Waals surface area contributed by atoms with E-state index >= 15 is 0 Å². The number of benzene rings is 2. The summed E-state index contributed by atoms with van der Waals surface area (Å²) < 4.78 is 8.02. The van der Waals surface area contributed by atoms with Crippen molar-refractivity contribution in [1.82, 2.24) is 14.5 Å². The van der Waals surface area contributed by atoms with Crippen LogP contribution in [0.1, 0.15) is 35.7 Å². The Hall–Kier alpha value is -3.81. The van der Waals surface area contributed by atoms with Crippen molar-refractivity contribution in [1.29, 1.82) is 0 Å². The monoisotopic (exact) mass is 448 g/mol. The molecule has 3 aromatic rings. The first kappa shape index (κ1) is 22.4. The standard InChI is InChI=1S/C25H28N4O4/c1-16-11-20(9-10-29(16)24(31)12-17-3-6-19(30)7-4-17)33-23-8-5-18(13-21(23)25(26)32)22-14-28(2)15-27-22/h3-8,13-16,20,30H,9-12H2,1-2H3,(H2,26,32). The van der Waals surface area contributed by atoms with E-state index in [4.69, 9.17) is 10.5 Å². The van der Waals surface area contributed by atoms with Crippen LogP contribution in [0.15, 0.2) is 55.0 Å². The highest BCUT2D eigenvalue weighted by Gasteiger charge is 2.30. The van der Waals surface area contributed by atoms with Gasteiger partial charge < -0.3 is 25.0 Å². The van der Waals surface area contributed by atoms with Crippen molar-refractivity contribution < 1.29 is 19.4 Å². The van der Waals surface area contributed by atoms with Gasteiger partial charge in [-0.1, -0.05) is 12.1 Å². The van der Waals surface area contributed by atoms with E-state index in [1.54, 1.807) is 42.7 Å². The Bertz CT molecular complexity index is 1160. The minimum absolute atomic E-state index is 0.00168. The second-order valence-corrected chi connectivity index (χ2v) is 8.54. The van der Waals surface area contributed by atoms with E-state index in [0.717, 1.165) is 16.8 Å². The number of aromatic nitrogens is 2. The second-order valence-electron chi connectivity index (χ2n) is 8.54. The van der Waals surface area contributed by atoms with Gasteiger partial charge in [-0.2, -0.15) is 0 Å². The molecule has 0 aliphatic carbocycles. The quantitative estimate of drug-likeness (QED) is 0.602. The van der Waals surface area contributed by atoms with E-state index in [9.17, 15) is 14.7 Å². The van der Waals surface area contributed by atoms with Crippen LogP contribution in [0, 0.1) is 0 Å². The molecule has 4 rings (SSSR count). The smallest absolute Gasteiger partial charge is 0.252 e. The Morgan fingerprint density at radius 1 is 1.21 bits per heavy atom. The molecule has 2 heterocycles. The molecule has 1 saturated heterocycles. The predicted molar refractivity (Wildman–Crippen MR) is 124 cm³/mol. The van der Waals surface area contributed by atoms with Gasteiger partial charge in [0.25, 0.3) is 5.91 Å². The molecule has 8 nitrogen and oxygen atoms in total. The first-order valence-corrected chi connectivity index (χ1v) is 11.0. The highest BCUT2D eigenvalue weighted by Crippen LogP contribution is 2.29. The number of amides is 2. The van der Waals surface area contributed by atoms with E-state index in [1.165, 1.54) is 0 Å². The molecule has 2 atom stereocenters. The number of imidazole rings is 1. The van der Waals surface area contributed by atoms with E-state index in [1.807, 2.05) is 35.7 Å². The van der Waals surface area contributed by atoms with Gasteiger partial charge in [0.1, 0.15) is 17.6 Å². The molecule has 1 aliphatic rings.